The minimum atomic E-state index is 0.710. The molecule has 0 atom stereocenters. The molecule has 0 aliphatic rings. The van der Waals surface area contributed by atoms with Crippen molar-refractivity contribution in [3.63, 3.8) is 0 Å². The highest BCUT2D eigenvalue weighted by atomic mass is 32.2. The van der Waals surface area contributed by atoms with Crippen molar-refractivity contribution in [1.82, 2.24) is 14.8 Å². The average molecular weight is 401 g/mol. The Kier molecular flexibility index (Phi) is 6.27. The second-order valence-electron chi connectivity index (χ2n) is 6.81. The van der Waals surface area contributed by atoms with E-state index >= 15 is 0 Å². The minimum absolute atomic E-state index is 0.710. The Morgan fingerprint density at radius 3 is 2.66 bits per heavy atom. The Morgan fingerprint density at radius 1 is 0.966 bits per heavy atom. The first-order valence-corrected chi connectivity index (χ1v) is 11.1. The van der Waals surface area contributed by atoms with Crippen LogP contribution in [-0.2, 0) is 6.54 Å². The van der Waals surface area contributed by atoms with Crippen molar-refractivity contribution in [3.8, 4) is 22.4 Å². The Labute approximate surface area is 176 Å². The van der Waals surface area contributed by atoms with Gasteiger partial charge >= 0.3 is 0 Å². The van der Waals surface area contributed by atoms with Crippen LogP contribution in [0.3, 0.4) is 0 Å². The zero-order valence-electron chi connectivity index (χ0n) is 16.5. The maximum absolute atomic E-state index is 4.84. The van der Waals surface area contributed by atoms with Crippen LogP contribution in [0, 0.1) is 0 Å². The summed E-state index contributed by atoms with van der Waals surface area (Å²) in [7, 11) is 0. The summed E-state index contributed by atoms with van der Waals surface area (Å²) in [6.07, 6.45) is 7.83. The number of rotatable bonds is 8. The summed E-state index contributed by atoms with van der Waals surface area (Å²) in [6.45, 7) is 1.64. The third-order valence-corrected chi connectivity index (χ3v) is 5.34. The Hall–Kier alpha value is -3.05. The molecule has 2 heterocycles. The molecule has 0 saturated heterocycles. The smallest absolute Gasteiger partial charge is 0.0944 e. The van der Waals surface area contributed by atoms with E-state index in [1.54, 1.807) is 6.20 Å². The lowest BCUT2D eigenvalue weighted by atomic mass is 10.00. The SMILES string of the molecule is CSCCNc1ccc(-c2ccccc2)cc1-c1ccn(Cc2cccnc2)n1. The standard InChI is InChI=1S/C24H24N4S/c1-29-15-13-26-23-10-9-21(20-7-3-2-4-8-20)16-22(23)24-11-14-28(27-24)18-19-6-5-12-25-17-19/h2-12,14,16-17,26H,13,15,18H2,1H3. The van der Waals surface area contributed by atoms with E-state index in [0.29, 0.717) is 6.54 Å². The average Bonchev–Trinajstić information content (AvgIpc) is 3.24. The van der Waals surface area contributed by atoms with Crippen molar-refractivity contribution in [1.29, 1.82) is 0 Å². The van der Waals surface area contributed by atoms with E-state index in [0.717, 1.165) is 34.8 Å². The highest BCUT2D eigenvalue weighted by Crippen LogP contribution is 2.32. The van der Waals surface area contributed by atoms with Crippen LogP contribution in [0.5, 0.6) is 0 Å². The van der Waals surface area contributed by atoms with Gasteiger partial charge in [-0.25, -0.2) is 0 Å². The molecule has 0 bridgehead atoms. The van der Waals surface area contributed by atoms with E-state index in [1.165, 1.54) is 11.1 Å². The number of aromatic nitrogens is 3. The molecule has 2 aromatic carbocycles. The predicted octanol–water partition coefficient (Wildman–Crippen LogP) is 5.44. The normalized spacial score (nSPS) is 10.8. The van der Waals surface area contributed by atoms with Crippen LogP contribution in [0.4, 0.5) is 5.69 Å². The van der Waals surface area contributed by atoms with Gasteiger partial charge in [0.15, 0.2) is 0 Å². The molecule has 0 saturated carbocycles. The molecule has 0 spiro atoms. The van der Waals surface area contributed by atoms with Crippen LogP contribution >= 0.6 is 11.8 Å². The van der Waals surface area contributed by atoms with Crippen LogP contribution in [0.15, 0.2) is 85.3 Å². The number of anilines is 1. The fourth-order valence-electron chi connectivity index (χ4n) is 3.28. The van der Waals surface area contributed by atoms with E-state index in [9.17, 15) is 0 Å². The molecule has 4 rings (SSSR count). The number of pyridine rings is 1. The summed E-state index contributed by atoms with van der Waals surface area (Å²) < 4.78 is 1.97. The van der Waals surface area contributed by atoms with E-state index in [1.807, 2.05) is 41.0 Å². The Bertz CT molecular complexity index is 1040. The van der Waals surface area contributed by atoms with Gasteiger partial charge in [0.05, 0.1) is 12.2 Å². The third-order valence-electron chi connectivity index (χ3n) is 4.73. The van der Waals surface area contributed by atoms with Crippen molar-refractivity contribution >= 4 is 17.4 Å². The summed E-state index contributed by atoms with van der Waals surface area (Å²) in [6, 6.07) is 23.1. The maximum atomic E-state index is 4.84. The molecule has 0 radical (unpaired) electrons. The molecule has 4 aromatic rings. The maximum Gasteiger partial charge on any atom is 0.0944 e. The minimum Gasteiger partial charge on any atom is -0.384 e. The summed E-state index contributed by atoms with van der Waals surface area (Å²) in [4.78, 5) is 4.19. The molecule has 29 heavy (non-hydrogen) atoms. The fourth-order valence-corrected chi connectivity index (χ4v) is 3.59. The molecule has 0 unspecified atom stereocenters. The van der Waals surface area contributed by atoms with Crippen LogP contribution < -0.4 is 5.32 Å². The zero-order valence-corrected chi connectivity index (χ0v) is 17.3. The molecule has 4 nitrogen and oxygen atoms in total. The van der Waals surface area contributed by atoms with Crippen molar-refractivity contribution in [2.45, 2.75) is 6.54 Å². The quantitative estimate of drug-likeness (QED) is 0.400. The van der Waals surface area contributed by atoms with E-state index < -0.39 is 0 Å². The molecule has 1 N–H and O–H groups in total. The van der Waals surface area contributed by atoms with E-state index in [-0.39, 0.29) is 0 Å². The van der Waals surface area contributed by atoms with Gasteiger partial charge in [-0.15, -0.1) is 0 Å². The van der Waals surface area contributed by atoms with Crippen molar-refractivity contribution in [2.24, 2.45) is 0 Å². The van der Waals surface area contributed by atoms with Gasteiger partial charge in [-0.1, -0.05) is 42.5 Å². The monoisotopic (exact) mass is 400 g/mol. The van der Waals surface area contributed by atoms with Crippen molar-refractivity contribution < 1.29 is 0 Å². The summed E-state index contributed by atoms with van der Waals surface area (Å²) in [5.74, 6) is 1.06. The van der Waals surface area contributed by atoms with Gasteiger partial charge in [0, 0.05) is 42.1 Å². The molecule has 5 heteroatoms. The van der Waals surface area contributed by atoms with Gasteiger partial charge in [-0.2, -0.15) is 16.9 Å². The second-order valence-corrected chi connectivity index (χ2v) is 7.79. The molecule has 0 aliphatic carbocycles. The molecular formula is C24H24N4S. The largest absolute Gasteiger partial charge is 0.384 e. The van der Waals surface area contributed by atoms with E-state index in [4.69, 9.17) is 5.10 Å². The fraction of sp³-hybridized carbons (Fsp3) is 0.167. The predicted molar refractivity (Wildman–Crippen MR) is 123 cm³/mol. The molecule has 2 aromatic heterocycles. The van der Waals surface area contributed by atoms with Crippen LogP contribution in [0.1, 0.15) is 5.56 Å². The van der Waals surface area contributed by atoms with Gasteiger partial charge in [-0.3, -0.25) is 9.67 Å². The summed E-state index contributed by atoms with van der Waals surface area (Å²) in [5.41, 5.74) is 6.75. The summed E-state index contributed by atoms with van der Waals surface area (Å²) >= 11 is 1.84. The van der Waals surface area contributed by atoms with Crippen LogP contribution in [0.2, 0.25) is 0 Å². The van der Waals surface area contributed by atoms with E-state index in [2.05, 4.69) is 71.2 Å². The van der Waals surface area contributed by atoms with Crippen LogP contribution in [-0.4, -0.2) is 33.3 Å². The molecule has 146 valence electrons. The number of nitrogens with zero attached hydrogens (tertiary/aromatic N) is 3. The molecule has 0 fully saturated rings. The van der Waals surface area contributed by atoms with Gasteiger partial charge < -0.3 is 5.32 Å². The zero-order chi connectivity index (χ0) is 19.9. The highest BCUT2D eigenvalue weighted by molar-refractivity contribution is 7.98. The van der Waals surface area contributed by atoms with Crippen molar-refractivity contribution in [2.75, 3.05) is 23.9 Å². The topological polar surface area (TPSA) is 42.7 Å². The highest BCUT2D eigenvalue weighted by Gasteiger charge is 2.11. The van der Waals surface area contributed by atoms with Gasteiger partial charge in [-0.05, 0) is 47.2 Å². The second kappa shape index (κ2) is 9.43. The third kappa shape index (κ3) is 4.87. The lowest BCUT2D eigenvalue weighted by Gasteiger charge is -2.13. The number of benzene rings is 2. The molecule has 0 amide bonds. The first kappa shape index (κ1) is 19.3. The lowest BCUT2D eigenvalue weighted by Crippen LogP contribution is -2.05. The first-order valence-electron chi connectivity index (χ1n) is 9.68. The summed E-state index contributed by atoms with van der Waals surface area (Å²) in [5, 5.41) is 8.41. The molecular weight excluding hydrogens is 376 g/mol. The van der Waals surface area contributed by atoms with Crippen LogP contribution in [0.25, 0.3) is 22.4 Å². The van der Waals surface area contributed by atoms with Gasteiger partial charge in [0.2, 0.25) is 0 Å². The number of hydrogen-bond donors (Lipinski definition) is 1. The number of hydrogen-bond acceptors (Lipinski definition) is 4. The first-order chi connectivity index (χ1) is 14.3. The Balaban J connectivity index is 1.66. The lowest BCUT2D eigenvalue weighted by molar-refractivity contribution is 0.687. The number of nitrogens with one attached hydrogen (secondary N) is 1. The van der Waals surface area contributed by atoms with Crippen molar-refractivity contribution in [3.05, 3.63) is 90.9 Å². The Morgan fingerprint density at radius 2 is 1.86 bits per heavy atom. The molecule has 0 aliphatic heterocycles. The number of thioether (sulfide) groups is 1. The van der Waals surface area contributed by atoms with Gasteiger partial charge in [0.25, 0.3) is 0 Å². The van der Waals surface area contributed by atoms with Gasteiger partial charge in [0.1, 0.15) is 0 Å².